The topological polar surface area (TPSA) is 71.4 Å². The highest BCUT2D eigenvalue weighted by atomic mass is 32.2. The number of carboxylic acid groups (broad SMARTS) is 1. The normalized spacial score (nSPS) is 33.4. The number of aliphatic carboxylic acids is 1. The Morgan fingerprint density at radius 3 is 2.42 bits per heavy atom. The van der Waals surface area contributed by atoms with Gasteiger partial charge in [-0.2, -0.15) is 0 Å². The van der Waals surface area contributed by atoms with Crippen molar-refractivity contribution in [2.45, 2.75) is 12.6 Å². The molecular formula is C6H9FO4S. The SMILES string of the molecule is O=C(O)C[C@@H]1CS(=O)(=O)C[C@H]1F. The lowest BCUT2D eigenvalue weighted by Crippen LogP contribution is -2.16. The molecule has 1 aliphatic rings. The van der Waals surface area contributed by atoms with E-state index in [-0.39, 0.29) is 5.75 Å². The van der Waals surface area contributed by atoms with Gasteiger partial charge < -0.3 is 5.11 Å². The minimum atomic E-state index is -3.33. The molecule has 12 heavy (non-hydrogen) atoms. The molecule has 1 aliphatic heterocycles. The molecule has 70 valence electrons. The average molecular weight is 196 g/mol. The number of carboxylic acids is 1. The summed E-state index contributed by atoms with van der Waals surface area (Å²) in [6.07, 6.45) is -1.91. The molecule has 0 aromatic rings. The second-order valence-electron chi connectivity index (χ2n) is 2.95. The third kappa shape index (κ3) is 2.17. The van der Waals surface area contributed by atoms with Crippen molar-refractivity contribution in [2.24, 2.45) is 5.92 Å². The van der Waals surface area contributed by atoms with Crippen molar-refractivity contribution in [3.8, 4) is 0 Å². The van der Waals surface area contributed by atoms with Crippen LogP contribution in [-0.4, -0.2) is 37.2 Å². The summed E-state index contributed by atoms with van der Waals surface area (Å²) in [6.45, 7) is 0. The quantitative estimate of drug-likeness (QED) is 0.666. The highest BCUT2D eigenvalue weighted by Gasteiger charge is 2.38. The van der Waals surface area contributed by atoms with Gasteiger partial charge in [0.1, 0.15) is 6.17 Å². The van der Waals surface area contributed by atoms with Crippen LogP contribution < -0.4 is 0 Å². The molecule has 0 aliphatic carbocycles. The predicted octanol–water partition coefficient (Wildman–Crippen LogP) is -0.156. The highest BCUT2D eigenvalue weighted by molar-refractivity contribution is 7.91. The lowest BCUT2D eigenvalue weighted by Gasteiger charge is -2.05. The third-order valence-electron chi connectivity index (χ3n) is 1.83. The molecule has 1 saturated heterocycles. The van der Waals surface area contributed by atoms with Gasteiger partial charge in [0.05, 0.1) is 17.9 Å². The molecule has 1 rings (SSSR count). The smallest absolute Gasteiger partial charge is 0.303 e. The Bertz CT molecular complexity index is 284. The van der Waals surface area contributed by atoms with Gasteiger partial charge in [-0.25, -0.2) is 12.8 Å². The third-order valence-corrected chi connectivity index (χ3v) is 3.59. The summed E-state index contributed by atoms with van der Waals surface area (Å²) in [5, 5.41) is 8.30. The number of hydrogen-bond acceptors (Lipinski definition) is 3. The van der Waals surface area contributed by atoms with Crippen LogP contribution in [-0.2, 0) is 14.6 Å². The zero-order valence-electron chi connectivity index (χ0n) is 6.23. The lowest BCUT2D eigenvalue weighted by molar-refractivity contribution is -0.138. The molecule has 6 heteroatoms. The van der Waals surface area contributed by atoms with Crippen LogP contribution in [0.5, 0.6) is 0 Å². The Labute approximate surface area is 69.3 Å². The molecule has 0 bridgehead atoms. The maximum atomic E-state index is 12.8. The Morgan fingerprint density at radius 1 is 1.50 bits per heavy atom. The van der Waals surface area contributed by atoms with Crippen LogP contribution in [0.4, 0.5) is 4.39 Å². The number of halogens is 1. The Morgan fingerprint density at radius 2 is 2.08 bits per heavy atom. The van der Waals surface area contributed by atoms with E-state index in [4.69, 9.17) is 5.11 Å². The molecule has 1 fully saturated rings. The van der Waals surface area contributed by atoms with Crippen LogP contribution in [0, 0.1) is 5.92 Å². The summed E-state index contributed by atoms with van der Waals surface area (Å²) in [4.78, 5) is 10.2. The molecular weight excluding hydrogens is 187 g/mol. The fourth-order valence-electron chi connectivity index (χ4n) is 1.29. The molecule has 1 heterocycles. The maximum Gasteiger partial charge on any atom is 0.303 e. The van der Waals surface area contributed by atoms with E-state index >= 15 is 0 Å². The van der Waals surface area contributed by atoms with Crippen LogP contribution in [0.25, 0.3) is 0 Å². The molecule has 0 amide bonds. The fourth-order valence-corrected chi connectivity index (χ4v) is 3.16. The first-order chi connectivity index (χ1) is 5.41. The van der Waals surface area contributed by atoms with Gasteiger partial charge in [0.15, 0.2) is 9.84 Å². The predicted molar refractivity (Wildman–Crippen MR) is 39.3 cm³/mol. The zero-order chi connectivity index (χ0) is 9.35. The number of hydrogen-bond donors (Lipinski definition) is 1. The molecule has 0 aromatic carbocycles. The Balaban J connectivity index is 2.64. The van der Waals surface area contributed by atoms with Gasteiger partial charge in [-0.05, 0) is 0 Å². The second kappa shape index (κ2) is 3.01. The van der Waals surface area contributed by atoms with Gasteiger partial charge in [0, 0.05) is 5.92 Å². The summed E-state index contributed by atoms with van der Waals surface area (Å²) < 4.78 is 34.4. The minimum absolute atomic E-state index is 0.333. The summed E-state index contributed by atoms with van der Waals surface area (Å²) in [5.74, 6) is -2.86. The number of alkyl halides is 1. The van der Waals surface area contributed by atoms with E-state index in [1.807, 2.05) is 0 Å². The molecule has 2 atom stereocenters. The van der Waals surface area contributed by atoms with Gasteiger partial charge >= 0.3 is 5.97 Å². The van der Waals surface area contributed by atoms with Crippen LogP contribution in [0.15, 0.2) is 0 Å². The molecule has 4 nitrogen and oxygen atoms in total. The van der Waals surface area contributed by atoms with Crippen molar-refractivity contribution >= 4 is 15.8 Å². The molecule has 0 spiro atoms. The van der Waals surface area contributed by atoms with E-state index in [1.165, 1.54) is 0 Å². The van der Waals surface area contributed by atoms with E-state index < -0.39 is 40.1 Å². The number of carbonyl (C=O) groups is 1. The highest BCUT2D eigenvalue weighted by Crippen LogP contribution is 2.24. The van der Waals surface area contributed by atoms with Crippen molar-refractivity contribution in [3.05, 3.63) is 0 Å². The van der Waals surface area contributed by atoms with Crippen LogP contribution >= 0.6 is 0 Å². The van der Waals surface area contributed by atoms with E-state index in [2.05, 4.69) is 0 Å². The molecule has 0 aromatic heterocycles. The van der Waals surface area contributed by atoms with Crippen molar-refractivity contribution in [3.63, 3.8) is 0 Å². The summed E-state index contributed by atoms with van der Waals surface area (Å²) in [5.41, 5.74) is 0. The first kappa shape index (κ1) is 9.44. The molecule has 1 N–H and O–H groups in total. The lowest BCUT2D eigenvalue weighted by atomic mass is 10.0. The van der Waals surface area contributed by atoms with Crippen LogP contribution in [0.1, 0.15) is 6.42 Å². The number of rotatable bonds is 2. The molecule has 0 radical (unpaired) electrons. The number of sulfone groups is 1. The first-order valence-electron chi connectivity index (χ1n) is 3.47. The zero-order valence-corrected chi connectivity index (χ0v) is 7.05. The van der Waals surface area contributed by atoms with E-state index in [0.717, 1.165) is 0 Å². The van der Waals surface area contributed by atoms with Crippen molar-refractivity contribution in [2.75, 3.05) is 11.5 Å². The van der Waals surface area contributed by atoms with Crippen LogP contribution in [0.2, 0.25) is 0 Å². The van der Waals surface area contributed by atoms with Crippen LogP contribution in [0.3, 0.4) is 0 Å². The average Bonchev–Trinajstić information content (AvgIpc) is 2.03. The van der Waals surface area contributed by atoms with Crippen molar-refractivity contribution < 1.29 is 22.7 Å². The van der Waals surface area contributed by atoms with Crippen molar-refractivity contribution in [1.82, 2.24) is 0 Å². The standard InChI is InChI=1S/C6H9FO4S/c7-5-3-12(10,11)2-4(5)1-6(8)9/h4-5H,1-3H2,(H,8,9)/t4-,5-/m1/s1. The minimum Gasteiger partial charge on any atom is -0.481 e. The fraction of sp³-hybridized carbons (Fsp3) is 0.833. The van der Waals surface area contributed by atoms with Gasteiger partial charge in [-0.3, -0.25) is 4.79 Å². The Kier molecular flexibility index (Phi) is 2.36. The van der Waals surface area contributed by atoms with Gasteiger partial charge in [-0.1, -0.05) is 0 Å². The summed E-state index contributed by atoms with van der Waals surface area (Å²) in [6, 6.07) is 0. The van der Waals surface area contributed by atoms with E-state index in [1.54, 1.807) is 0 Å². The van der Waals surface area contributed by atoms with E-state index in [0.29, 0.717) is 0 Å². The van der Waals surface area contributed by atoms with Gasteiger partial charge in [0.2, 0.25) is 0 Å². The molecule has 0 unspecified atom stereocenters. The Hall–Kier alpha value is -0.650. The summed E-state index contributed by atoms with van der Waals surface area (Å²) in [7, 11) is -3.33. The summed E-state index contributed by atoms with van der Waals surface area (Å²) >= 11 is 0. The second-order valence-corrected chi connectivity index (χ2v) is 5.10. The molecule has 0 saturated carbocycles. The van der Waals surface area contributed by atoms with E-state index in [9.17, 15) is 17.6 Å². The van der Waals surface area contributed by atoms with Gasteiger partial charge in [0.25, 0.3) is 0 Å². The first-order valence-corrected chi connectivity index (χ1v) is 5.29. The van der Waals surface area contributed by atoms with Crippen molar-refractivity contribution in [1.29, 1.82) is 0 Å². The maximum absolute atomic E-state index is 12.8. The van der Waals surface area contributed by atoms with Gasteiger partial charge in [-0.15, -0.1) is 0 Å². The monoisotopic (exact) mass is 196 g/mol. The largest absolute Gasteiger partial charge is 0.481 e.